The lowest BCUT2D eigenvalue weighted by Gasteiger charge is -2.12. The fourth-order valence-electron chi connectivity index (χ4n) is 1.13. The zero-order valence-corrected chi connectivity index (χ0v) is 12.0. The lowest BCUT2D eigenvalue weighted by atomic mass is 10.4. The van der Waals surface area contributed by atoms with Gasteiger partial charge in [-0.05, 0) is 34.6 Å². The fourth-order valence-corrected chi connectivity index (χ4v) is 1.13. The first-order valence-corrected chi connectivity index (χ1v) is 6.23. The van der Waals surface area contributed by atoms with Crippen LogP contribution in [0.1, 0.15) is 47.4 Å². The summed E-state index contributed by atoms with van der Waals surface area (Å²) in [6.07, 6.45) is 0. The summed E-state index contributed by atoms with van der Waals surface area (Å²) in [5.41, 5.74) is 0. The van der Waals surface area contributed by atoms with Crippen LogP contribution in [0.25, 0.3) is 0 Å². The lowest BCUT2D eigenvalue weighted by Crippen LogP contribution is -2.17. The molecule has 5 heteroatoms. The van der Waals surface area contributed by atoms with Gasteiger partial charge in [-0.3, -0.25) is 0 Å². The molecular weight excluding hydrogens is 214 g/mol. The first-order valence-electron chi connectivity index (χ1n) is 6.23. The largest absolute Gasteiger partial charge is 0.352 e. The first-order chi connectivity index (χ1) is 7.97. The SMILES string of the molecule is CC.Cc1nc(NC(C)C)nc(NC(C)C)n1. The average Bonchev–Trinajstić information content (AvgIpc) is 2.17. The zero-order chi connectivity index (χ0) is 13.4. The van der Waals surface area contributed by atoms with Gasteiger partial charge in [-0.2, -0.15) is 15.0 Å². The Balaban J connectivity index is 0.00000121. The van der Waals surface area contributed by atoms with E-state index in [0.29, 0.717) is 24.0 Å². The van der Waals surface area contributed by atoms with Gasteiger partial charge in [-0.25, -0.2) is 0 Å². The van der Waals surface area contributed by atoms with Crippen LogP contribution in [0.15, 0.2) is 0 Å². The molecule has 0 aromatic carbocycles. The molecule has 0 atom stereocenters. The van der Waals surface area contributed by atoms with Gasteiger partial charge in [0.1, 0.15) is 5.82 Å². The number of rotatable bonds is 4. The Morgan fingerprint density at radius 2 is 1.12 bits per heavy atom. The fraction of sp³-hybridized carbons (Fsp3) is 0.750. The van der Waals surface area contributed by atoms with Crippen LogP contribution in [0.3, 0.4) is 0 Å². The minimum atomic E-state index is 0.318. The Bertz CT molecular complexity index is 294. The number of nitrogens with one attached hydrogen (secondary N) is 2. The normalized spacial score (nSPS) is 9.94. The Kier molecular flexibility index (Phi) is 7.18. The molecule has 0 radical (unpaired) electrons. The van der Waals surface area contributed by atoms with Crippen LogP contribution in [0.2, 0.25) is 0 Å². The predicted octanol–water partition coefficient (Wildman–Crippen LogP) is 2.85. The van der Waals surface area contributed by atoms with Crippen molar-refractivity contribution in [2.45, 2.75) is 60.5 Å². The molecule has 0 spiro atoms. The topological polar surface area (TPSA) is 62.7 Å². The van der Waals surface area contributed by atoms with Gasteiger partial charge in [-0.1, -0.05) is 13.8 Å². The van der Waals surface area contributed by atoms with Crippen LogP contribution in [0.4, 0.5) is 11.9 Å². The van der Waals surface area contributed by atoms with Crippen LogP contribution in [0, 0.1) is 6.92 Å². The quantitative estimate of drug-likeness (QED) is 0.846. The number of anilines is 2. The molecule has 1 aromatic rings. The van der Waals surface area contributed by atoms with Crippen LogP contribution < -0.4 is 10.6 Å². The smallest absolute Gasteiger partial charge is 0.227 e. The van der Waals surface area contributed by atoms with E-state index < -0.39 is 0 Å². The highest BCUT2D eigenvalue weighted by Crippen LogP contribution is 2.07. The molecule has 0 aliphatic heterocycles. The van der Waals surface area contributed by atoms with Crippen molar-refractivity contribution in [2.24, 2.45) is 0 Å². The molecule has 17 heavy (non-hydrogen) atoms. The molecule has 5 nitrogen and oxygen atoms in total. The molecule has 0 bridgehead atoms. The summed E-state index contributed by atoms with van der Waals surface area (Å²) in [5.74, 6) is 1.97. The van der Waals surface area contributed by atoms with Crippen molar-refractivity contribution >= 4 is 11.9 Å². The molecule has 0 amide bonds. The number of nitrogens with zero attached hydrogens (tertiary/aromatic N) is 3. The van der Waals surface area contributed by atoms with Gasteiger partial charge in [-0.15, -0.1) is 0 Å². The van der Waals surface area contributed by atoms with E-state index in [9.17, 15) is 0 Å². The van der Waals surface area contributed by atoms with Crippen LogP contribution in [-0.4, -0.2) is 27.0 Å². The monoisotopic (exact) mass is 239 g/mol. The third kappa shape index (κ3) is 6.71. The summed E-state index contributed by atoms with van der Waals surface area (Å²) in [5, 5.41) is 6.31. The van der Waals surface area contributed by atoms with Gasteiger partial charge in [0.25, 0.3) is 0 Å². The predicted molar refractivity (Wildman–Crippen MR) is 73.4 cm³/mol. The third-order valence-electron chi connectivity index (χ3n) is 1.58. The third-order valence-corrected chi connectivity index (χ3v) is 1.58. The Labute approximate surface area is 104 Å². The summed E-state index contributed by atoms with van der Waals surface area (Å²) in [7, 11) is 0. The highest BCUT2D eigenvalue weighted by molar-refractivity contribution is 5.35. The van der Waals surface area contributed by atoms with Crippen molar-refractivity contribution in [1.82, 2.24) is 15.0 Å². The van der Waals surface area contributed by atoms with Gasteiger partial charge >= 0.3 is 0 Å². The molecule has 0 saturated heterocycles. The number of aromatic nitrogens is 3. The van der Waals surface area contributed by atoms with Crippen molar-refractivity contribution in [1.29, 1.82) is 0 Å². The van der Waals surface area contributed by atoms with E-state index in [4.69, 9.17) is 0 Å². The first kappa shape index (κ1) is 15.6. The van der Waals surface area contributed by atoms with Crippen molar-refractivity contribution in [2.75, 3.05) is 10.6 Å². The molecule has 98 valence electrons. The molecular formula is C12H25N5. The number of hydrogen-bond donors (Lipinski definition) is 2. The zero-order valence-electron chi connectivity index (χ0n) is 12.0. The Morgan fingerprint density at radius 3 is 1.41 bits per heavy atom. The minimum absolute atomic E-state index is 0.318. The molecule has 2 N–H and O–H groups in total. The van der Waals surface area contributed by atoms with E-state index in [2.05, 4.69) is 53.3 Å². The molecule has 0 fully saturated rings. The highest BCUT2D eigenvalue weighted by Gasteiger charge is 2.05. The summed E-state index contributed by atoms with van der Waals surface area (Å²) < 4.78 is 0. The highest BCUT2D eigenvalue weighted by atomic mass is 15.2. The second kappa shape index (κ2) is 7.81. The van der Waals surface area contributed by atoms with Crippen molar-refractivity contribution in [3.8, 4) is 0 Å². The van der Waals surface area contributed by atoms with E-state index >= 15 is 0 Å². The second-order valence-electron chi connectivity index (χ2n) is 4.13. The van der Waals surface area contributed by atoms with E-state index in [1.165, 1.54) is 0 Å². The van der Waals surface area contributed by atoms with E-state index in [0.717, 1.165) is 5.82 Å². The maximum absolute atomic E-state index is 4.27. The summed E-state index contributed by atoms with van der Waals surface area (Å²) >= 11 is 0. The average molecular weight is 239 g/mol. The van der Waals surface area contributed by atoms with Crippen molar-refractivity contribution in [3.63, 3.8) is 0 Å². The molecule has 1 rings (SSSR count). The molecule has 1 aromatic heterocycles. The van der Waals surface area contributed by atoms with Crippen LogP contribution in [0.5, 0.6) is 0 Å². The van der Waals surface area contributed by atoms with Gasteiger partial charge < -0.3 is 10.6 Å². The standard InChI is InChI=1S/C10H19N5.C2H6/c1-6(2)11-9-13-8(5)14-10(15-9)12-7(3)4;1-2/h6-7H,1-5H3,(H2,11,12,13,14,15);1-2H3. The second-order valence-corrected chi connectivity index (χ2v) is 4.13. The molecule has 0 saturated carbocycles. The summed E-state index contributed by atoms with van der Waals surface area (Å²) in [6, 6.07) is 0.636. The molecule has 0 aliphatic rings. The van der Waals surface area contributed by atoms with Gasteiger partial charge in [0, 0.05) is 12.1 Å². The Hall–Kier alpha value is -1.39. The maximum atomic E-state index is 4.27. The lowest BCUT2D eigenvalue weighted by molar-refractivity contribution is 0.834. The molecule has 0 aliphatic carbocycles. The summed E-state index contributed by atoms with van der Waals surface area (Å²) in [6.45, 7) is 14.1. The number of aryl methyl sites for hydroxylation is 1. The molecule has 1 heterocycles. The Morgan fingerprint density at radius 1 is 0.765 bits per heavy atom. The van der Waals surface area contributed by atoms with Gasteiger partial charge in [0.2, 0.25) is 11.9 Å². The van der Waals surface area contributed by atoms with Gasteiger partial charge in [0.05, 0.1) is 0 Å². The maximum Gasteiger partial charge on any atom is 0.227 e. The summed E-state index contributed by atoms with van der Waals surface area (Å²) in [4.78, 5) is 12.7. The van der Waals surface area contributed by atoms with E-state index in [1.807, 2.05) is 20.8 Å². The van der Waals surface area contributed by atoms with Gasteiger partial charge in [0.15, 0.2) is 0 Å². The minimum Gasteiger partial charge on any atom is -0.352 e. The van der Waals surface area contributed by atoms with E-state index in [-0.39, 0.29) is 0 Å². The van der Waals surface area contributed by atoms with Crippen LogP contribution in [-0.2, 0) is 0 Å². The number of hydrogen-bond acceptors (Lipinski definition) is 5. The van der Waals surface area contributed by atoms with Crippen molar-refractivity contribution in [3.05, 3.63) is 5.82 Å². The van der Waals surface area contributed by atoms with Crippen molar-refractivity contribution < 1.29 is 0 Å². The molecule has 0 unspecified atom stereocenters. The van der Waals surface area contributed by atoms with E-state index in [1.54, 1.807) is 0 Å². The van der Waals surface area contributed by atoms with Crippen LogP contribution >= 0.6 is 0 Å².